The van der Waals surface area contributed by atoms with Crippen molar-refractivity contribution in [1.29, 1.82) is 5.26 Å². The van der Waals surface area contributed by atoms with Crippen molar-refractivity contribution in [3.05, 3.63) is 64.7 Å². The first kappa shape index (κ1) is 33.2. The normalized spacial score (nSPS) is 18.9. The third-order valence-electron chi connectivity index (χ3n) is 9.37. The first-order chi connectivity index (χ1) is 23.2. The van der Waals surface area contributed by atoms with Gasteiger partial charge in [0.2, 0.25) is 0 Å². The smallest absolute Gasteiger partial charge is 0.326 e. The third kappa shape index (κ3) is 6.81. The van der Waals surface area contributed by atoms with Crippen LogP contribution in [-0.2, 0) is 9.59 Å². The highest BCUT2D eigenvalue weighted by Gasteiger charge is 2.45. The molecule has 0 radical (unpaired) electrons. The van der Waals surface area contributed by atoms with Gasteiger partial charge in [0.05, 0.1) is 36.5 Å². The Bertz CT molecular complexity index is 1860. The number of aromatic nitrogens is 2. The Kier molecular flexibility index (Phi) is 9.83. The second-order valence-electron chi connectivity index (χ2n) is 12.9. The van der Waals surface area contributed by atoms with E-state index in [-0.39, 0.29) is 30.7 Å². The fourth-order valence-electron chi connectivity index (χ4n) is 6.75. The Labute approximate surface area is 284 Å². The summed E-state index contributed by atoms with van der Waals surface area (Å²) in [6.45, 7) is 6.21. The van der Waals surface area contributed by atoms with Crippen molar-refractivity contribution in [3.8, 4) is 34.0 Å². The number of carboxylic acids is 1. The van der Waals surface area contributed by atoms with Crippen LogP contribution in [0.3, 0.4) is 0 Å². The number of carboxylic acid groups (broad SMARTS) is 1. The van der Waals surface area contributed by atoms with Gasteiger partial charge in [-0.3, -0.25) is 4.79 Å². The minimum atomic E-state index is -1.09. The first-order valence-electron chi connectivity index (χ1n) is 16.5. The van der Waals surface area contributed by atoms with Crippen molar-refractivity contribution < 1.29 is 28.9 Å². The molecule has 1 aliphatic heterocycles. The number of methoxy groups -OCH3 is 1. The molecule has 11 heteroatoms. The van der Waals surface area contributed by atoms with Crippen molar-refractivity contribution in [2.45, 2.75) is 83.5 Å². The fourth-order valence-corrected chi connectivity index (χ4v) is 7.69. The monoisotopic (exact) mass is 668 g/mol. The molecule has 2 aromatic heterocycles. The maximum atomic E-state index is 14.3. The first-order valence-corrected chi connectivity index (χ1v) is 17.4. The fraction of sp³-hybridized carbons (Fsp3) is 0.432. The van der Waals surface area contributed by atoms with Gasteiger partial charge in [-0.15, -0.1) is 11.3 Å². The molecule has 3 heterocycles. The minimum absolute atomic E-state index is 0.0647. The zero-order valence-electron chi connectivity index (χ0n) is 27.6. The van der Waals surface area contributed by atoms with E-state index in [1.165, 1.54) is 16.2 Å². The van der Waals surface area contributed by atoms with Crippen molar-refractivity contribution in [1.82, 2.24) is 14.9 Å². The summed E-state index contributed by atoms with van der Waals surface area (Å²) in [5, 5.41) is 23.3. The number of thiazole rings is 1. The Morgan fingerprint density at radius 3 is 2.56 bits per heavy atom. The molecule has 1 amide bonds. The van der Waals surface area contributed by atoms with Crippen molar-refractivity contribution >= 4 is 34.1 Å². The predicted molar refractivity (Wildman–Crippen MR) is 183 cm³/mol. The number of hydrogen-bond donors (Lipinski definition) is 1. The Morgan fingerprint density at radius 2 is 1.88 bits per heavy atom. The highest BCUT2D eigenvalue weighted by molar-refractivity contribution is 7.13. The molecule has 0 spiro atoms. The van der Waals surface area contributed by atoms with E-state index in [4.69, 9.17) is 24.2 Å². The van der Waals surface area contributed by atoms with Crippen LogP contribution in [0.5, 0.6) is 17.2 Å². The number of ether oxygens (including phenoxy) is 3. The number of aryl methyl sites for hydroxylation is 1. The van der Waals surface area contributed by atoms with Crippen molar-refractivity contribution in [2.24, 2.45) is 5.92 Å². The number of fused-ring (bicyclic) bond motifs is 1. The van der Waals surface area contributed by atoms with Gasteiger partial charge in [0.15, 0.2) is 6.10 Å². The Morgan fingerprint density at radius 1 is 1.08 bits per heavy atom. The van der Waals surface area contributed by atoms with E-state index in [0.29, 0.717) is 34.0 Å². The molecule has 1 saturated carbocycles. The molecule has 0 bridgehead atoms. The second-order valence-corrected chi connectivity index (χ2v) is 13.8. The number of nitrogens with zero attached hydrogens (tertiary/aromatic N) is 4. The van der Waals surface area contributed by atoms with Gasteiger partial charge in [-0.2, -0.15) is 5.26 Å². The van der Waals surface area contributed by atoms with Crippen molar-refractivity contribution in [3.63, 3.8) is 0 Å². The molecular formula is C37H40N4O6S. The minimum Gasteiger partial charge on any atom is -0.496 e. The van der Waals surface area contributed by atoms with Crippen LogP contribution in [0.25, 0.3) is 21.6 Å². The van der Waals surface area contributed by atoms with Crippen LogP contribution in [0.4, 0.5) is 0 Å². The molecule has 1 N–H and O–H groups in total. The third-order valence-corrected chi connectivity index (χ3v) is 10.3. The predicted octanol–water partition coefficient (Wildman–Crippen LogP) is 7.13. The molecule has 6 rings (SSSR count). The molecule has 10 nitrogen and oxygen atoms in total. The summed E-state index contributed by atoms with van der Waals surface area (Å²) >= 11 is 1.51. The largest absolute Gasteiger partial charge is 0.496 e. The van der Waals surface area contributed by atoms with Gasteiger partial charge in [0.1, 0.15) is 40.1 Å². The van der Waals surface area contributed by atoms with Crippen LogP contribution >= 0.6 is 11.3 Å². The van der Waals surface area contributed by atoms with E-state index >= 15 is 0 Å². The maximum absolute atomic E-state index is 14.3. The van der Waals surface area contributed by atoms with Gasteiger partial charge in [-0.1, -0.05) is 39.2 Å². The number of pyridine rings is 1. The van der Waals surface area contributed by atoms with Gasteiger partial charge in [-0.05, 0) is 56.0 Å². The molecule has 4 aromatic rings. The zero-order valence-corrected chi connectivity index (χ0v) is 28.5. The zero-order chi connectivity index (χ0) is 33.9. The van der Waals surface area contributed by atoms with Crippen LogP contribution < -0.4 is 14.2 Å². The van der Waals surface area contributed by atoms with Gasteiger partial charge < -0.3 is 24.2 Å². The summed E-state index contributed by atoms with van der Waals surface area (Å²) in [5.41, 5.74) is 3.61. The molecule has 48 heavy (non-hydrogen) atoms. The SMILES string of the molecule is COc1ccc2c(OC3C[C@@H](C(=O)O)N(C(=O)[C@@H](Oc4cccc(C#N)c4)C4CCCCC4)C3)cc(-c3nc(C(C)C)cs3)nc2c1C. The molecule has 1 saturated heterocycles. The number of rotatable bonds is 10. The van der Waals surface area contributed by atoms with E-state index in [1.54, 1.807) is 31.4 Å². The Hall–Kier alpha value is -4.69. The topological polar surface area (TPSA) is 135 Å². The lowest BCUT2D eigenvalue weighted by Crippen LogP contribution is -2.50. The number of carbonyl (C=O) groups excluding carboxylic acids is 1. The lowest BCUT2D eigenvalue weighted by molar-refractivity contribution is -0.153. The molecule has 3 atom stereocenters. The second kappa shape index (κ2) is 14.2. The molecule has 2 fully saturated rings. The van der Waals surface area contributed by atoms with Gasteiger partial charge in [0.25, 0.3) is 5.91 Å². The van der Waals surface area contributed by atoms with Crippen LogP contribution in [0.1, 0.15) is 75.1 Å². The van der Waals surface area contributed by atoms with Crippen LogP contribution in [0.15, 0.2) is 47.8 Å². The summed E-state index contributed by atoms with van der Waals surface area (Å²) in [4.78, 5) is 38.1. The van der Waals surface area contributed by atoms with Crippen LogP contribution in [0, 0.1) is 24.2 Å². The quantitative estimate of drug-likeness (QED) is 0.187. The van der Waals surface area contributed by atoms with E-state index in [2.05, 4.69) is 19.9 Å². The number of carbonyl (C=O) groups is 2. The molecule has 1 aliphatic carbocycles. The van der Waals surface area contributed by atoms with E-state index in [1.807, 2.05) is 30.5 Å². The van der Waals surface area contributed by atoms with Gasteiger partial charge >= 0.3 is 5.97 Å². The summed E-state index contributed by atoms with van der Waals surface area (Å²) in [6, 6.07) is 13.4. The molecular weight excluding hydrogens is 628 g/mol. The maximum Gasteiger partial charge on any atom is 0.326 e. The Balaban J connectivity index is 1.32. The number of benzene rings is 2. The lowest BCUT2D eigenvalue weighted by Gasteiger charge is -2.33. The summed E-state index contributed by atoms with van der Waals surface area (Å²) in [5.74, 6) is 0.392. The average Bonchev–Trinajstić information content (AvgIpc) is 3.76. The molecule has 2 aromatic carbocycles. The van der Waals surface area contributed by atoms with Crippen molar-refractivity contribution in [2.75, 3.05) is 13.7 Å². The number of aliphatic carboxylic acids is 1. The highest BCUT2D eigenvalue weighted by atomic mass is 32.1. The number of nitriles is 1. The number of amides is 1. The van der Waals surface area contributed by atoms with Crippen LogP contribution in [0.2, 0.25) is 0 Å². The summed E-state index contributed by atoms with van der Waals surface area (Å²) in [6.07, 6.45) is 3.31. The molecule has 2 aliphatic rings. The number of hydrogen-bond acceptors (Lipinski definition) is 9. The molecule has 250 valence electrons. The van der Waals surface area contributed by atoms with E-state index < -0.39 is 24.2 Å². The lowest BCUT2D eigenvalue weighted by atomic mass is 9.84. The summed E-state index contributed by atoms with van der Waals surface area (Å²) in [7, 11) is 1.62. The summed E-state index contributed by atoms with van der Waals surface area (Å²) < 4.78 is 18.5. The van der Waals surface area contributed by atoms with Crippen LogP contribution in [-0.4, -0.2) is 63.8 Å². The van der Waals surface area contributed by atoms with E-state index in [0.717, 1.165) is 53.8 Å². The van der Waals surface area contributed by atoms with Gasteiger partial charge in [0, 0.05) is 34.7 Å². The number of likely N-dealkylation sites (tertiary alicyclic amines) is 1. The average molecular weight is 669 g/mol. The van der Waals surface area contributed by atoms with E-state index in [9.17, 15) is 20.0 Å². The highest BCUT2D eigenvalue weighted by Crippen LogP contribution is 2.38. The standard InChI is InChI=1S/C37H40N4O6S/c1-21(2)29-20-48-35(40-29)28-17-32(27-13-14-31(45-4)22(3)33(27)39-28)46-26-16-30(37(43)44)41(19-26)36(42)34(24-10-6-5-7-11-24)47-25-12-8-9-23(15-25)18-38/h8-9,12-15,17,20-21,24,26,30,34H,5-7,10-11,16,19H2,1-4H3,(H,43,44)/t26?,30-,34-/m0/s1. The van der Waals surface area contributed by atoms with Gasteiger partial charge in [-0.25, -0.2) is 14.8 Å². The molecule has 1 unspecified atom stereocenters.